The summed E-state index contributed by atoms with van der Waals surface area (Å²) in [7, 11) is 1.98. The fourth-order valence-corrected chi connectivity index (χ4v) is 1.37. The smallest absolute Gasteiger partial charge is 0.121 e. The summed E-state index contributed by atoms with van der Waals surface area (Å²) < 4.78 is 7.37. The van der Waals surface area contributed by atoms with Crippen LogP contribution in [-0.4, -0.2) is 16.2 Å². The first kappa shape index (κ1) is 8.10. The SMILES string of the molecule is CCOc1ccc2c(c1)ncn2C. The van der Waals surface area contributed by atoms with Gasteiger partial charge in [-0.1, -0.05) is 0 Å². The summed E-state index contributed by atoms with van der Waals surface area (Å²) in [6.45, 7) is 2.67. The lowest BCUT2D eigenvalue weighted by molar-refractivity contribution is 0.340. The lowest BCUT2D eigenvalue weighted by Gasteiger charge is -2.01. The molecule has 1 aromatic heterocycles. The van der Waals surface area contributed by atoms with Gasteiger partial charge in [0.05, 0.1) is 24.0 Å². The quantitative estimate of drug-likeness (QED) is 0.699. The van der Waals surface area contributed by atoms with E-state index in [0.717, 1.165) is 16.8 Å². The molecule has 2 rings (SSSR count). The number of benzene rings is 1. The third kappa shape index (κ3) is 1.37. The van der Waals surface area contributed by atoms with Crippen LogP contribution in [0.15, 0.2) is 24.5 Å². The molecule has 0 aliphatic heterocycles. The second-order valence-corrected chi connectivity index (χ2v) is 2.94. The van der Waals surface area contributed by atoms with E-state index >= 15 is 0 Å². The number of hydrogen-bond donors (Lipinski definition) is 0. The molecule has 3 nitrogen and oxygen atoms in total. The Labute approximate surface area is 77.0 Å². The minimum Gasteiger partial charge on any atom is -0.494 e. The average molecular weight is 176 g/mol. The summed E-state index contributed by atoms with van der Waals surface area (Å²) in [6.07, 6.45) is 1.81. The van der Waals surface area contributed by atoms with Gasteiger partial charge >= 0.3 is 0 Å². The Morgan fingerprint density at radius 1 is 1.46 bits per heavy atom. The first-order valence-corrected chi connectivity index (χ1v) is 4.35. The average Bonchev–Trinajstić information content (AvgIpc) is 2.48. The van der Waals surface area contributed by atoms with E-state index in [2.05, 4.69) is 4.98 Å². The summed E-state index contributed by atoms with van der Waals surface area (Å²) >= 11 is 0. The van der Waals surface area contributed by atoms with Gasteiger partial charge in [-0.05, 0) is 19.1 Å². The second kappa shape index (κ2) is 3.09. The molecular weight excluding hydrogens is 164 g/mol. The van der Waals surface area contributed by atoms with Crippen LogP contribution in [0.5, 0.6) is 5.75 Å². The number of aryl methyl sites for hydroxylation is 1. The second-order valence-electron chi connectivity index (χ2n) is 2.94. The number of ether oxygens (including phenoxy) is 1. The first-order valence-electron chi connectivity index (χ1n) is 4.35. The highest BCUT2D eigenvalue weighted by atomic mass is 16.5. The monoisotopic (exact) mass is 176 g/mol. The predicted octanol–water partition coefficient (Wildman–Crippen LogP) is 1.97. The minimum absolute atomic E-state index is 0.693. The molecule has 3 heteroatoms. The first-order chi connectivity index (χ1) is 6.31. The number of rotatable bonds is 2. The van der Waals surface area contributed by atoms with Gasteiger partial charge in [0.15, 0.2) is 0 Å². The summed E-state index contributed by atoms with van der Waals surface area (Å²) in [4.78, 5) is 4.24. The molecule has 1 aromatic carbocycles. The van der Waals surface area contributed by atoms with E-state index in [4.69, 9.17) is 4.74 Å². The highest BCUT2D eigenvalue weighted by Gasteiger charge is 2.00. The molecule has 0 atom stereocenters. The van der Waals surface area contributed by atoms with Crippen LogP contribution in [0.25, 0.3) is 11.0 Å². The van der Waals surface area contributed by atoms with Crippen molar-refractivity contribution >= 4 is 11.0 Å². The van der Waals surface area contributed by atoms with Gasteiger partial charge in [0.25, 0.3) is 0 Å². The van der Waals surface area contributed by atoms with Gasteiger partial charge in [-0.25, -0.2) is 4.98 Å². The van der Waals surface area contributed by atoms with Gasteiger partial charge in [-0.2, -0.15) is 0 Å². The maximum Gasteiger partial charge on any atom is 0.121 e. The Morgan fingerprint density at radius 3 is 3.08 bits per heavy atom. The topological polar surface area (TPSA) is 27.1 Å². The van der Waals surface area contributed by atoms with Crippen molar-refractivity contribution in [2.24, 2.45) is 7.05 Å². The maximum absolute atomic E-state index is 5.37. The Bertz CT molecular complexity index is 420. The van der Waals surface area contributed by atoms with Gasteiger partial charge in [0.2, 0.25) is 0 Å². The molecule has 0 aliphatic carbocycles. The zero-order valence-corrected chi connectivity index (χ0v) is 7.82. The molecule has 13 heavy (non-hydrogen) atoms. The highest BCUT2D eigenvalue weighted by molar-refractivity contribution is 5.76. The van der Waals surface area contributed by atoms with Crippen LogP contribution >= 0.6 is 0 Å². The van der Waals surface area contributed by atoms with Crippen molar-refractivity contribution in [3.05, 3.63) is 24.5 Å². The normalized spacial score (nSPS) is 10.6. The molecule has 2 aromatic rings. The maximum atomic E-state index is 5.37. The Kier molecular flexibility index (Phi) is 1.93. The number of aromatic nitrogens is 2. The van der Waals surface area contributed by atoms with Crippen molar-refractivity contribution in [1.82, 2.24) is 9.55 Å². The molecule has 0 N–H and O–H groups in total. The van der Waals surface area contributed by atoms with Crippen LogP contribution in [0, 0.1) is 0 Å². The lowest BCUT2D eigenvalue weighted by Crippen LogP contribution is -1.91. The Balaban J connectivity index is 2.50. The van der Waals surface area contributed by atoms with E-state index in [1.165, 1.54) is 0 Å². The number of nitrogens with zero attached hydrogens (tertiary/aromatic N) is 2. The molecule has 68 valence electrons. The number of imidazole rings is 1. The van der Waals surface area contributed by atoms with E-state index in [-0.39, 0.29) is 0 Å². The van der Waals surface area contributed by atoms with Crippen LogP contribution in [0.1, 0.15) is 6.92 Å². The fraction of sp³-hybridized carbons (Fsp3) is 0.300. The van der Waals surface area contributed by atoms with Gasteiger partial charge in [-0.15, -0.1) is 0 Å². The zero-order chi connectivity index (χ0) is 9.26. The number of hydrogen-bond acceptors (Lipinski definition) is 2. The number of fused-ring (bicyclic) bond motifs is 1. The predicted molar refractivity (Wildman–Crippen MR) is 51.9 cm³/mol. The third-order valence-electron chi connectivity index (χ3n) is 2.01. The standard InChI is InChI=1S/C10H12N2O/c1-3-13-8-4-5-10-9(6-8)11-7-12(10)2/h4-7H,3H2,1-2H3. The van der Waals surface area contributed by atoms with E-state index < -0.39 is 0 Å². The van der Waals surface area contributed by atoms with Crippen molar-refractivity contribution in [3.63, 3.8) is 0 Å². The lowest BCUT2D eigenvalue weighted by atomic mass is 10.3. The molecule has 0 saturated heterocycles. The molecule has 0 saturated carbocycles. The van der Waals surface area contributed by atoms with Crippen molar-refractivity contribution in [2.45, 2.75) is 6.92 Å². The van der Waals surface area contributed by atoms with Crippen LogP contribution in [0.2, 0.25) is 0 Å². The van der Waals surface area contributed by atoms with Crippen molar-refractivity contribution < 1.29 is 4.74 Å². The summed E-state index contributed by atoms with van der Waals surface area (Å²) in [5, 5.41) is 0. The van der Waals surface area contributed by atoms with Crippen molar-refractivity contribution in [2.75, 3.05) is 6.61 Å². The Hall–Kier alpha value is -1.51. The molecule has 0 bridgehead atoms. The molecular formula is C10H12N2O. The molecule has 0 radical (unpaired) electrons. The molecule has 0 fully saturated rings. The highest BCUT2D eigenvalue weighted by Crippen LogP contribution is 2.18. The fourth-order valence-electron chi connectivity index (χ4n) is 1.37. The van der Waals surface area contributed by atoms with Crippen molar-refractivity contribution in [3.8, 4) is 5.75 Å². The van der Waals surface area contributed by atoms with Crippen LogP contribution in [0.3, 0.4) is 0 Å². The van der Waals surface area contributed by atoms with Gasteiger partial charge in [0, 0.05) is 13.1 Å². The van der Waals surface area contributed by atoms with Crippen LogP contribution in [-0.2, 0) is 7.05 Å². The molecule has 0 unspecified atom stereocenters. The van der Waals surface area contributed by atoms with E-state index in [1.807, 2.05) is 36.7 Å². The van der Waals surface area contributed by atoms with Gasteiger partial charge < -0.3 is 9.30 Å². The molecule has 1 heterocycles. The van der Waals surface area contributed by atoms with Crippen LogP contribution < -0.4 is 4.74 Å². The molecule has 0 aliphatic rings. The molecule has 0 amide bonds. The van der Waals surface area contributed by atoms with E-state index in [0.29, 0.717) is 6.61 Å². The largest absolute Gasteiger partial charge is 0.494 e. The van der Waals surface area contributed by atoms with E-state index in [9.17, 15) is 0 Å². The summed E-state index contributed by atoms with van der Waals surface area (Å²) in [5.41, 5.74) is 2.11. The summed E-state index contributed by atoms with van der Waals surface area (Å²) in [5.74, 6) is 0.883. The van der Waals surface area contributed by atoms with Gasteiger partial charge in [-0.3, -0.25) is 0 Å². The summed E-state index contributed by atoms with van der Waals surface area (Å²) in [6, 6.07) is 5.94. The molecule has 0 spiro atoms. The zero-order valence-electron chi connectivity index (χ0n) is 7.82. The van der Waals surface area contributed by atoms with Crippen molar-refractivity contribution in [1.29, 1.82) is 0 Å². The minimum atomic E-state index is 0.693. The van der Waals surface area contributed by atoms with Gasteiger partial charge in [0.1, 0.15) is 5.75 Å². The third-order valence-corrected chi connectivity index (χ3v) is 2.01. The van der Waals surface area contributed by atoms with E-state index in [1.54, 1.807) is 6.33 Å². The Morgan fingerprint density at radius 2 is 2.31 bits per heavy atom. The van der Waals surface area contributed by atoms with Crippen LogP contribution in [0.4, 0.5) is 0 Å².